The van der Waals surface area contributed by atoms with Crippen LogP contribution in [0.5, 0.6) is 5.75 Å². The topological polar surface area (TPSA) is 70.7 Å². The van der Waals surface area contributed by atoms with Gasteiger partial charge < -0.3 is 20.3 Å². The highest BCUT2D eigenvalue weighted by Gasteiger charge is 2.14. The van der Waals surface area contributed by atoms with Gasteiger partial charge in [-0.3, -0.25) is 9.59 Å². The number of para-hydroxylation sites is 1. The Balaban J connectivity index is 1.53. The van der Waals surface area contributed by atoms with Gasteiger partial charge in [-0.25, -0.2) is 0 Å². The van der Waals surface area contributed by atoms with Gasteiger partial charge in [0.15, 0.2) is 0 Å². The van der Waals surface area contributed by atoms with Gasteiger partial charge in [0, 0.05) is 30.5 Å². The van der Waals surface area contributed by atoms with E-state index in [-0.39, 0.29) is 18.4 Å². The lowest BCUT2D eigenvalue weighted by atomic mass is 10.1. The van der Waals surface area contributed by atoms with Gasteiger partial charge >= 0.3 is 0 Å². The molecule has 3 aromatic rings. The number of anilines is 2. The minimum absolute atomic E-state index is 0.144. The molecule has 0 fully saturated rings. The van der Waals surface area contributed by atoms with E-state index in [2.05, 4.69) is 10.6 Å². The van der Waals surface area contributed by atoms with Gasteiger partial charge in [0.25, 0.3) is 5.91 Å². The molecule has 0 saturated heterocycles. The van der Waals surface area contributed by atoms with E-state index in [0.29, 0.717) is 17.8 Å². The maximum Gasteiger partial charge on any atom is 0.258 e. The third-order valence-corrected chi connectivity index (χ3v) is 4.62. The summed E-state index contributed by atoms with van der Waals surface area (Å²) < 4.78 is 5.13. The summed E-state index contributed by atoms with van der Waals surface area (Å²) in [5.74, 6) is 0.475. The second kappa shape index (κ2) is 10.2. The van der Waals surface area contributed by atoms with Gasteiger partial charge in [-0.1, -0.05) is 36.4 Å². The summed E-state index contributed by atoms with van der Waals surface area (Å²) in [7, 11) is 3.35. The molecule has 0 spiro atoms. The number of benzene rings is 3. The SMILES string of the molecule is COc1ccc(CNCC(=O)Nc2cccc(C(=O)N(C)c3ccccc3)c2)cc1. The number of carbonyl (C=O) groups is 2. The molecule has 30 heavy (non-hydrogen) atoms. The van der Waals surface area contributed by atoms with E-state index in [1.54, 1.807) is 43.3 Å². The minimum atomic E-state index is -0.176. The van der Waals surface area contributed by atoms with Crippen LogP contribution in [0.1, 0.15) is 15.9 Å². The van der Waals surface area contributed by atoms with Crippen LogP contribution in [0.2, 0.25) is 0 Å². The highest BCUT2D eigenvalue weighted by atomic mass is 16.5. The maximum atomic E-state index is 12.7. The van der Waals surface area contributed by atoms with Crippen molar-refractivity contribution in [2.75, 3.05) is 30.9 Å². The van der Waals surface area contributed by atoms with Crippen molar-refractivity contribution in [1.29, 1.82) is 0 Å². The Hall–Kier alpha value is -3.64. The van der Waals surface area contributed by atoms with Crippen LogP contribution in [0, 0.1) is 0 Å². The Morgan fingerprint density at radius 1 is 0.933 bits per heavy atom. The minimum Gasteiger partial charge on any atom is -0.497 e. The first-order chi connectivity index (χ1) is 14.6. The number of nitrogens with zero attached hydrogens (tertiary/aromatic N) is 1. The third kappa shape index (κ3) is 5.68. The van der Waals surface area contributed by atoms with Crippen LogP contribution in [0.15, 0.2) is 78.9 Å². The Bertz CT molecular complexity index is 988. The molecular formula is C24H25N3O3. The number of ether oxygens (including phenoxy) is 1. The molecule has 0 aromatic heterocycles. The summed E-state index contributed by atoms with van der Waals surface area (Å²) in [4.78, 5) is 26.6. The molecule has 0 radical (unpaired) electrons. The van der Waals surface area contributed by atoms with E-state index in [0.717, 1.165) is 17.0 Å². The first-order valence-corrected chi connectivity index (χ1v) is 9.63. The predicted molar refractivity (Wildman–Crippen MR) is 119 cm³/mol. The van der Waals surface area contributed by atoms with Crippen LogP contribution in [0.3, 0.4) is 0 Å². The molecule has 0 aliphatic heterocycles. The van der Waals surface area contributed by atoms with Crippen molar-refractivity contribution in [2.45, 2.75) is 6.54 Å². The van der Waals surface area contributed by atoms with Gasteiger partial charge in [0.05, 0.1) is 13.7 Å². The van der Waals surface area contributed by atoms with Crippen LogP contribution in [-0.4, -0.2) is 32.5 Å². The Labute approximate surface area is 176 Å². The molecule has 0 bridgehead atoms. The number of methoxy groups -OCH3 is 1. The van der Waals surface area contributed by atoms with Crippen molar-refractivity contribution in [2.24, 2.45) is 0 Å². The second-order valence-electron chi connectivity index (χ2n) is 6.78. The monoisotopic (exact) mass is 403 g/mol. The smallest absolute Gasteiger partial charge is 0.258 e. The number of carbonyl (C=O) groups excluding carboxylic acids is 2. The largest absolute Gasteiger partial charge is 0.497 e. The maximum absolute atomic E-state index is 12.7. The van der Waals surface area contributed by atoms with Gasteiger partial charge in [0.1, 0.15) is 5.75 Å². The third-order valence-electron chi connectivity index (χ3n) is 4.62. The average Bonchev–Trinajstić information content (AvgIpc) is 2.79. The van der Waals surface area contributed by atoms with E-state index in [9.17, 15) is 9.59 Å². The van der Waals surface area contributed by atoms with Crippen LogP contribution < -0.4 is 20.3 Å². The fourth-order valence-corrected chi connectivity index (χ4v) is 2.96. The molecule has 2 N–H and O–H groups in total. The summed E-state index contributed by atoms with van der Waals surface area (Å²) in [6.45, 7) is 0.728. The van der Waals surface area contributed by atoms with Crippen molar-refractivity contribution in [1.82, 2.24) is 5.32 Å². The molecule has 2 amide bonds. The van der Waals surface area contributed by atoms with Gasteiger partial charge in [-0.05, 0) is 48.0 Å². The first kappa shape index (κ1) is 21.1. The van der Waals surface area contributed by atoms with E-state index in [1.807, 2.05) is 54.6 Å². The lowest BCUT2D eigenvalue weighted by Crippen LogP contribution is -2.28. The van der Waals surface area contributed by atoms with Crippen LogP contribution in [0.4, 0.5) is 11.4 Å². The summed E-state index contributed by atoms with van der Waals surface area (Å²) in [5, 5.41) is 5.94. The molecular weight excluding hydrogens is 378 g/mol. The second-order valence-corrected chi connectivity index (χ2v) is 6.78. The average molecular weight is 403 g/mol. The Morgan fingerprint density at radius 2 is 1.67 bits per heavy atom. The van der Waals surface area contributed by atoms with Gasteiger partial charge in [-0.2, -0.15) is 0 Å². The standard InChI is InChI=1S/C24H25N3O3/c1-27(21-9-4-3-5-10-21)24(29)19-7-6-8-20(15-19)26-23(28)17-25-16-18-11-13-22(30-2)14-12-18/h3-15,25H,16-17H2,1-2H3,(H,26,28). The van der Waals surface area contributed by atoms with Crippen LogP contribution in [-0.2, 0) is 11.3 Å². The van der Waals surface area contributed by atoms with E-state index in [1.165, 1.54) is 0 Å². The highest BCUT2D eigenvalue weighted by Crippen LogP contribution is 2.17. The zero-order chi connectivity index (χ0) is 21.3. The van der Waals surface area contributed by atoms with Gasteiger partial charge in [-0.15, -0.1) is 0 Å². The van der Waals surface area contributed by atoms with E-state index < -0.39 is 0 Å². The number of rotatable bonds is 8. The molecule has 6 nitrogen and oxygen atoms in total. The van der Waals surface area contributed by atoms with Crippen molar-refractivity contribution in [3.05, 3.63) is 90.0 Å². The van der Waals surface area contributed by atoms with Crippen molar-refractivity contribution in [3.8, 4) is 5.75 Å². The zero-order valence-electron chi connectivity index (χ0n) is 17.1. The van der Waals surface area contributed by atoms with Crippen molar-refractivity contribution >= 4 is 23.2 Å². The number of nitrogens with one attached hydrogen (secondary N) is 2. The fraction of sp³-hybridized carbons (Fsp3) is 0.167. The molecule has 0 aliphatic rings. The van der Waals surface area contributed by atoms with E-state index in [4.69, 9.17) is 4.74 Å². The van der Waals surface area contributed by atoms with Crippen molar-refractivity contribution in [3.63, 3.8) is 0 Å². The lowest BCUT2D eigenvalue weighted by molar-refractivity contribution is -0.115. The van der Waals surface area contributed by atoms with E-state index >= 15 is 0 Å². The molecule has 154 valence electrons. The molecule has 0 atom stereocenters. The number of hydrogen-bond donors (Lipinski definition) is 2. The van der Waals surface area contributed by atoms with Crippen LogP contribution in [0.25, 0.3) is 0 Å². The molecule has 3 rings (SSSR count). The zero-order valence-corrected chi connectivity index (χ0v) is 17.1. The molecule has 0 aliphatic carbocycles. The summed E-state index contributed by atoms with van der Waals surface area (Å²) in [6.07, 6.45) is 0. The normalized spacial score (nSPS) is 10.3. The first-order valence-electron chi connectivity index (χ1n) is 9.63. The van der Waals surface area contributed by atoms with Crippen LogP contribution >= 0.6 is 0 Å². The predicted octanol–water partition coefficient (Wildman–Crippen LogP) is 3.70. The molecule has 6 heteroatoms. The number of amides is 2. The summed E-state index contributed by atoms with van der Waals surface area (Å²) in [5.41, 5.74) is 2.95. The fourth-order valence-electron chi connectivity index (χ4n) is 2.96. The highest BCUT2D eigenvalue weighted by molar-refractivity contribution is 6.06. The Morgan fingerprint density at radius 3 is 2.37 bits per heavy atom. The molecule has 0 unspecified atom stereocenters. The molecule has 0 saturated carbocycles. The molecule has 0 heterocycles. The lowest BCUT2D eigenvalue weighted by Gasteiger charge is -2.17. The van der Waals surface area contributed by atoms with Crippen molar-refractivity contribution < 1.29 is 14.3 Å². The molecule has 3 aromatic carbocycles. The Kier molecular flexibility index (Phi) is 7.19. The van der Waals surface area contributed by atoms with Gasteiger partial charge in [0.2, 0.25) is 5.91 Å². The summed E-state index contributed by atoms with van der Waals surface area (Å²) >= 11 is 0. The summed E-state index contributed by atoms with van der Waals surface area (Å²) in [6, 6.07) is 24.0. The quantitative estimate of drug-likeness (QED) is 0.602. The number of hydrogen-bond acceptors (Lipinski definition) is 4.